The summed E-state index contributed by atoms with van der Waals surface area (Å²) in [5.74, 6) is 0.283. The van der Waals surface area contributed by atoms with Crippen molar-refractivity contribution in [2.24, 2.45) is 0 Å². The van der Waals surface area contributed by atoms with Gasteiger partial charge in [0.1, 0.15) is 11.5 Å². The highest BCUT2D eigenvalue weighted by Crippen LogP contribution is 2.20. The Balaban J connectivity index is 1.71. The molecule has 27 heavy (non-hydrogen) atoms. The van der Waals surface area contributed by atoms with Crippen LogP contribution in [-0.2, 0) is 0 Å². The van der Waals surface area contributed by atoms with Crippen molar-refractivity contribution in [1.29, 1.82) is 0 Å². The van der Waals surface area contributed by atoms with Crippen LogP contribution in [0.3, 0.4) is 0 Å². The third kappa shape index (κ3) is 4.95. The Hall–Kier alpha value is -3.60. The maximum absolute atomic E-state index is 12.5. The van der Waals surface area contributed by atoms with Crippen molar-refractivity contribution in [2.75, 3.05) is 5.32 Å². The molecule has 0 aliphatic heterocycles. The third-order valence-electron chi connectivity index (χ3n) is 3.85. The summed E-state index contributed by atoms with van der Waals surface area (Å²) in [7, 11) is 0. The van der Waals surface area contributed by atoms with Crippen molar-refractivity contribution in [3.8, 4) is 11.5 Å². The number of rotatable bonds is 4. The first kappa shape index (κ1) is 18.2. The molecule has 5 nitrogen and oxygen atoms in total. The largest absolute Gasteiger partial charge is 0.423 e. The monoisotopic (exact) mass is 361 g/mol. The second-order valence-electron chi connectivity index (χ2n) is 6.08. The minimum Gasteiger partial charge on any atom is -0.423 e. The highest BCUT2D eigenvalue weighted by atomic mass is 16.6. The molecule has 0 heterocycles. The smallest absolute Gasteiger partial charge is 0.417 e. The summed E-state index contributed by atoms with van der Waals surface area (Å²) in [4.78, 5) is 24.6. The molecule has 0 radical (unpaired) electrons. The lowest BCUT2D eigenvalue weighted by atomic mass is 10.2. The minimum atomic E-state index is -0.686. The average Bonchev–Trinajstić information content (AvgIpc) is 2.66. The van der Waals surface area contributed by atoms with E-state index in [1.54, 1.807) is 48.5 Å². The molecule has 136 valence electrons. The van der Waals surface area contributed by atoms with Crippen molar-refractivity contribution in [2.45, 2.75) is 13.8 Å². The van der Waals surface area contributed by atoms with Gasteiger partial charge in [-0.15, -0.1) is 0 Å². The van der Waals surface area contributed by atoms with Crippen LogP contribution in [0.2, 0.25) is 0 Å². The molecule has 5 heteroatoms. The number of hydrogen-bond acceptors (Lipinski definition) is 4. The molecular weight excluding hydrogens is 342 g/mol. The number of nitrogens with one attached hydrogen (secondary N) is 1. The summed E-state index contributed by atoms with van der Waals surface area (Å²) >= 11 is 0. The zero-order chi connectivity index (χ0) is 19.2. The number of amides is 1. The fraction of sp³-hybridized carbons (Fsp3) is 0.0909. The fourth-order valence-corrected chi connectivity index (χ4v) is 2.39. The summed E-state index contributed by atoms with van der Waals surface area (Å²) in [6.07, 6.45) is -0.686. The summed E-state index contributed by atoms with van der Waals surface area (Å²) in [6.45, 7) is 3.89. The summed E-state index contributed by atoms with van der Waals surface area (Å²) in [6, 6.07) is 20.8. The normalized spacial score (nSPS) is 10.1. The molecule has 0 spiro atoms. The number of para-hydroxylation sites is 1. The number of carbonyl (C=O) groups excluding carboxylic acids is 2. The number of ether oxygens (including phenoxy) is 2. The molecule has 3 aromatic rings. The van der Waals surface area contributed by atoms with Gasteiger partial charge in [0.05, 0.1) is 11.3 Å². The van der Waals surface area contributed by atoms with E-state index in [0.29, 0.717) is 17.2 Å². The third-order valence-corrected chi connectivity index (χ3v) is 3.85. The van der Waals surface area contributed by atoms with E-state index >= 15 is 0 Å². The molecule has 0 atom stereocenters. The summed E-state index contributed by atoms with van der Waals surface area (Å²) < 4.78 is 10.6. The summed E-state index contributed by atoms with van der Waals surface area (Å²) in [5.41, 5.74) is 2.67. The van der Waals surface area contributed by atoms with Crippen LogP contribution in [0.4, 0.5) is 10.5 Å². The Bertz CT molecular complexity index is 947. The van der Waals surface area contributed by atoms with E-state index < -0.39 is 12.1 Å². The predicted octanol–water partition coefficient (Wildman–Crippen LogP) is 5.13. The number of esters is 1. The van der Waals surface area contributed by atoms with E-state index in [1.165, 1.54) is 0 Å². The molecule has 3 rings (SSSR count). The van der Waals surface area contributed by atoms with Crippen molar-refractivity contribution in [1.82, 2.24) is 0 Å². The van der Waals surface area contributed by atoms with Crippen LogP contribution in [0, 0.1) is 13.8 Å². The van der Waals surface area contributed by atoms with E-state index in [9.17, 15) is 9.59 Å². The van der Waals surface area contributed by atoms with Crippen LogP contribution in [0.15, 0.2) is 72.8 Å². The number of anilines is 1. The van der Waals surface area contributed by atoms with Crippen LogP contribution >= 0.6 is 0 Å². The lowest BCUT2D eigenvalue weighted by molar-refractivity contribution is 0.0736. The molecule has 0 aromatic heterocycles. The Kier molecular flexibility index (Phi) is 5.52. The van der Waals surface area contributed by atoms with Gasteiger partial charge in [0, 0.05) is 0 Å². The van der Waals surface area contributed by atoms with Crippen LogP contribution in [0.5, 0.6) is 11.5 Å². The Morgan fingerprint density at radius 2 is 1.22 bits per heavy atom. The van der Waals surface area contributed by atoms with Crippen LogP contribution in [0.25, 0.3) is 0 Å². The van der Waals surface area contributed by atoms with E-state index in [0.717, 1.165) is 11.1 Å². The first-order chi connectivity index (χ1) is 13.0. The molecule has 0 unspecified atom stereocenters. The Morgan fingerprint density at radius 3 is 1.81 bits per heavy atom. The molecule has 3 aromatic carbocycles. The Labute approximate surface area is 157 Å². The van der Waals surface area contributed by atoms with E-state index in [4.69, 9.17) is 9.47 Å². The molecule has 1 N–H and O–H groups in total. The molecular formula is C22H19NO4. The van der Waals surface area contributed by atoms with Crippen LogP contribution < -0.4 is 14.8 Å². The zero-order valence-electron chi connectivity index (χ0n) is 15.1. The van der Waals surface area contributed by atoms with Crippen molar-refractivity contribution < 1.29 is 19.1 Å². The van der Waals surface area contributed by atoms with Gasteiger partial charge in [0.15, 0.2) is 0 Å². The molecule has 1 amide bonds. The molecule has 0 bridgehead atoms. The van der Waals surface area contributed by atoms with Gasteiger partial charge in [-0.2, -0.15) is 0 Å². The van der Waals surface area contributed by atoms with E-state index in [2.05, 4.69) is 5.32 Å². The first-order valence-electron chi connectivity index (χ1n) is 8.44. The SMILES string of the molecule is Cc1ccc(OC(=O)Nc2ccccc2C(=O)Oc2ccc(C)cc2)cc1. The number of benzene rings is 3. The molecule has 0 aliphatic rings. The molecule has 0 fully saturated rings. The lowest BCUT2D eigenvalue weighted by Crippen LogP contribution is -2.20. The second kappa shape index (κ2) is 8.19. The summed E-state index contributed by atoms with van der Waals surface area (Å²) in [5, 5.41) is 2.59. The van der Waals surface area contributed by atoms with Gasteiger partial charge in [0.2, 0.25) is 0 Å². The van der Waals surface area contributed by atoms with Crippen LogP contribution in [0.1, 0.15) is 21.5 Å². The van der Waals surface area contributed by atoms with E-state index in [1.807, 2.05) is 38.1 Å². The fourth-order valence-electron chi connectivity index (χ4n) is 2.39. The van der Waals surface area contributed by atoms with Gasteiger partial charge < -0.3 is 9.47 Å². The number of carbonyl (C=O) groups is 2. The maximum Gasteiger partial charge on any atom is 0.417 e. The lowest BCUT2D eigenvalue weighted by Gasteiger charge is -2.11. The van der Waals surface area contributed by atoms with Gasteiger partial charge in [-0.05, 0) is 50.2 Å². The quantitative estimate of drug-likeness (QED) is 0.517. The van der Waals surface area contributed by atoms with Crippen molar-refractivity contribution in [3.63, 3.8) is 0 Å². The topological polar surface area (TPSA) is 64.6 Å². The Morgan fingerprint density at radius 1 is 0.704 bits per heavy atom. The van der Waals surface area contributed by atoms with E-state index in [-0.39, 0.29) is 5.56 Å². The second-order valence-corrected chi connectivity index (χ2v) is 6.08. The predicted molar refractivity (Wildman–Crippen MR) is 103 cm³/mol. The zero-order valence-corrected chi connectivity index (χ0v) is 15.1. The minimum absolute atomic E-state index is 0.235. The highest BCUT2D eigenvalue weighted by molar-refractivity contribution is 6.00. The average molecular weight is 361 g/mol. The van der Waals surface area contributed by atoms with Gasteiger partial charge in [-0.1, -0.05) is 47.5 Å². The van der Waals surface area contributed by atoms with Crippen molar-refractivity contribution >= 4 is 17.7 Å². The van der Waals surface area contributed by atoms with Gasteiger partial charge in [-0.25, -0.2) is 9.59 Å². The van der Waals surface area contributed by atoms with Crippen molar-refractivity contribution in [3.05, 3.63) is 89.5 Å². The standard InChI is InChI=1S/C22H19NO4/c1-15-7-11-17(12-8-15)26-21(24)19-5-3-4-6-20(19)23-22(25)27-18-13-9-16(2)10-14-18/h3-14H,1-2H3,(H,23,25). The first-order valence-corrected chi connectivity index (χ1v) is 8.44. The van der Waals surface area contributed by atoms with Crippen LogP contribution in [-0.4, -0.2) is 12.1 Å². The molecule has 0 aliphatic carbocycles. The molecule has 0 saturated carbocycles. The highest BCUT2D eigenvalue weighted by Gasteiger charge is 2.16. The van der Waals surface area contributed by atoms with Gasteiger partial charge >= 0.3 is 12.1 Å². The number of aryl methyl sites for hydroxylation is 2. The maximum atomic E-state index is 12.5. The van der Waals surface area contributed by atoms with Gasteiger partial charge in [-0.3, -0.25) is 5.32 Å². The number of hydrogen-bond donors (Lipinski definition) is 1. The van der Waals surface area contributed by atoms with Gasteiger partial charge in [0.25, 0.3) is 0 Å². The molecule has 0 saturated heterocycles.